The molecule has 0 aromatic carbocycles. The van der Waals surface area contributed by atoms with Crippen molar-refractivity contribution in [3.8, 4) is 0 Å². The van der Waals surface area contributed by atoms with E-state index in [4.69, 9.17) is 0 Å². The number of aromatic nitrogens is 5. The molecule has 3 aromatic rings. The number of fused-ring (bicyclic) bond motifs is 1. The molecule has 0 aliphatic carbocycles. The summed E-state index contributed by atoms with van der Waals surface area (Å²) in [5, 5.41) is 7.15. The zero-order valence-electron chi connectivity index (χ0n) is 13.3. The van der Waals surface area contributed by atoms with Crippen molar-refractivity contribution in [3.63, 3.8) is 0 Å². The Morgan fingerprint density at radius 1 is 1.28 bits per heavy atom. The third-order valence-corrected chi connectivity index (χ3v) is 4.09. The molecule has 25 heavy (non-hydrogen) atoms. The molecule has 0 saturated carbocycles. The molecule has 1 aliphatic rings. The van der Waals surface area contributed by atoms with Crippen molar-refractivity contribution < 1.29 is 9.18 Å². The van der Waals surface area contributed by atoms with E-state index >= 15 is 0 Å². The van der Waals surface area contributed by atoms with Crippen molar-refractivity contribution in [1.82, 2.24) is 24.6 Å². The molecule has 1 aliphatic heterocycles. The summed E-state index contributed by atoms with van der Waals surface area (Å²) in [6, 6.07) is 5.16. The van der Waals surface area contributed by atoms with Crippen LogP contribution in [0.2, 0.25) is 0 Å². The standard InChI is InChI=1S/C16H16FN7O/c17-11-2-1-7-23(9-11)15-4-3-14-19-8-12(24(14)22-15)16(25)21-13-5-6-18-10-20-13/h3-6,8,10-11H,1-2,7,9H2,(H,18,20,21,25)/t11-/m0/s1. The number of carbonyl (C=O) groups is 1. The van der Waals surface area contributed by atoms with Crippen LogP contribution in [-0.4, -0.2) is 49.7 Å². The molecule has 8 nitrogen and oxygen atoms in total. The molecule has 3 aromatic heterocycles. The van der Waals surface area contributed by atoms with Gasteiger partial charge < -0.3 is 10.2 Å². The van der Waals surface area contributed by atoms with Gasteiger partial charge >= 0.3 is 0 Å². The van der Waals surface area contributed by atoms with Gasteiger partial charge in [0.05, 0.1) is 12.7 Å². The van der Waals surface area contributed by atoms with Crippen LogP contribution in [0.25, 0.3) is 5.65 Å². The number of amides is 1. The zero-order valence-corrected chi connectivity index (χ0v) is 13.3. The second kappa shape index (κ2) is 6.42. The Hall–Kier alpha value is -3.10. The minimum absolute atomic E-state index is 0.282. The van der Waals surface area contributed by atoms with Crippen LogP contribution in [0, 0.1) is 0 Å². The first-order valence-corrected chi connectivity index (χ1v) is 8.02. The van der Waals surface area contributed by atoms with Gasteiger partial charge in [0, 0.05) is 12.7 Å². The van der Waals surface area contributed by atoms with Crippen LogP contribution in [0.5, 0.6) is 0 Å². The lowest BCUT2D eigenvalue weighted by Gasteiger charge is -2.29. The van der Waals surface area contributed by atoms with Gasteiger partial charge in [0.25, 0.3) is 5.91 Å². The number of piperidine rings is 1. The molecule has 0 unspecified atom stereocenters. The van der Waals surface area contributed by atoms with E-state index in [1.165, 1.54) is 23.2 Å². The first kappa shape index (κ1) is 15.4. The third kappa shape index (κ3) is 3.12. The topological polar surface area (TPSA) is 88.3 Å². The van der Waals surface area contributed by atoms with E-state index in [1.54, 1.807) is 18.2 Å². The predicted octanol–water partition coefficient (Wildman–Crippen LogP) is 1.71. The Kier molecular flexibility index (Phi) is 3.96. The Morgan fingerprint density at radius 3 is 3.00 bits per heavy atom. The van der Waals surface area contributed by atoms with E-state index in [0.717, 1.165) is 13.0 Å². The highest BCUT2D eigenvalue weighted by Crippen LogP contribution is 2.20. The summed E-state index contributed by atoms with van der Waals surface area (Å²) in [4.78, 5) is 26.3. The second-order valence-corrected chi connectivity index (χ2v) is 5.84. The highest BCUT2D eigenvalue weighted by atomic mass is 19.1. The monoisotopic (exact) mass is 341 g/mol. The normalized spacial score (nSPS) is 17.6. The minimum atomic E-state index is -0.852. The maximum Gasteiger partial charge on any atom is 0.277 e. The fourth-order valence-electron chi connectivity index (χ4n) is 2.87. The van der Waals surface area contributed by atoms with Crippen LogP contribution in [0.15, 0.2) is 36.9 Å². The molecule has 1 N–H and O–H groups in total. The largest absolute Gasteiger partial charge is 0.352 e. The summed E-state index contributed by atoms with van der Waals surface area (Å²) in [5.74, 6) is 0.643. The van der Waals surface area contributed by atoms with Crippen molar-refractivity contribution >= 4 is 23.2 Å². The van der Waals surface area contributed by atoms with Gasteiger partial charge in [0.2, 0.25) is 0 Å². The van der Waals surface area contributed by atoms with Crippen molar-refractivity contribution in [1.29, 1.82) is 0 Å². The summed E-state index contributed by atoms with van der Waals surface area (Å²) in [6.45, 7) is 1.06. The summed E-state index contributed by atoms with van der Waals surface area (Å²) in [6.07, 6.45) is 4.86. The molecule has 1 atom stereocenters. The average Bonchev–Trinajstić information content (AvgIpc) is 3.06. The van der Waals surface area contributed by atoms with E-state index in [-0.39, 0.29) is 11.6 Å². The molecule has 0 spiro atoms. The van der Waals surface area contributed by atoms with Gasteiger partial charge in [0.15, 0.2) is 11.3 Å². The van der Waals surface area contributed by atoms with Crippen molar-refractivity contribution in [2.24, 2.45) is 0 Å². The lowest BCUT2D eigenvalue weighted by molar-refractivity contribution is 0.102. The maximum atomic E-state index is 13.7. The van der Waals surface area contributed by atoms with Crippen LogP contribution >= 0.6 is 0 Å². The molecule has 9 heteroatoms. The maximum absolute atomic E-state index is 13.7. The van der Waals surface area contributed by atoms with Crippen LogP contribution < -0.4 is 10.2 Å². The van der Waals surface area contributed by atoms with Gasteiger partial charge in [-0.05, 0) is 31.0 Å². The highest BCUT2D eigenvalue weighted by Gasteiger charge is 2.21. The lowest BCUT2D eigenvalue weighted by Crippen LogP contribution is -2.37. The predicted molar refractivity (Wildman–Crippen MR) is 89.3 cm³/mol. The molecule has 0 radical (unpaired) electrons. The van der Waals surface area contributed by atoms with Crippen LogP contribution in [0.4, 0.5) is 16.0 Å². The van der Waals surface area contributed by atoms with Crippen LogP contribution in [0.3, 0.4) is 0 Å². The number of carbonyl (C=O) groups excluding carboxylic acids is 1. The molecule has 1 amide bonds. The Morgan fingerprint density at radius 2 is 2.20 bits per heavy atom. The average molecular weight is 341 g/mol. The van der Waals surface area contributed by atoms with Crippen LogP contribution in [-0.2, 0) is 0 Å². The molecule has 4 heterocycles. The lowest BCUT2D eigenvalue weighted by atomic mass is 10.1. The molecule has 4 rings (SSSR count). The number of halogens is 1. The van der Waals surface area contributed by atoms with Gasteiger partial charge in [-0.3, -0.25) is 4.79 Å². The number of nitrogens with one attached hydrogen (secondary N) is 1. The highest BCUT2D eigenvalue weighted by molar-refractivity contribution is 6.02. The van der Waals surface area contributed by atoms with Gasteiger partial charge in [-0.25, -0.2) is 23.9 Å². The Bertz CT molecular complexity index is 898. The quantitative estimate of drug-likeness (QED) is 0.780. The Labute approximate surface area is 142 Å². The van der Waals surface area contributed by atoms with E-state index < -0.39 is 6.17 Å². The summed E-state index contributed by atoms with van der Waals surface area (Å²) < 4.78 is 15.1. The molecular formula is C16H16FN7O. The van der Waals surface area contributed by atoms with Gasteiger partial charge in [0.1, 0.15) is 24.1 Å². The number of nitrogens with zero attached hydrogens (tertiary/aromatic N) is 6. The zero-order chi connectivity index (χ0) is 17.2. The summed E-state index contributed by atoms with van der Waals surface area (Å²) in [5.41, 5.74) is 0.828. The van der Waals surface area contributed by atoms with E-state index in [9.17, 15) is 9.18 Å². The third-order valence-electron chi connectivity index (χ3n) is 4.09. The van der Waals surface area contributed by atoms with Gasteiger partial charge in [-0.15, -0.1) is 5.10 Å². The molecule has 1 saturated heterocycles. The fraction of sp³-hybridized carbons (Fsp3) is 0.312. The number of hydrogen-bond donors (Lipinski definition) is 1. The number of imidazole rings is 1. The number of anilines is 2. The summed E-state index contributed by atoms with van der Waals surface area (Å²) in [7, 11) is 0. The van der Waals surface area contributed by atoms with E-state index in [1.807, 2.05) is 4.90 Å². The number of hydrogen-bond acceptors (Lipinski definition) is 6. The summed E-state index contributed by atoms with van der Waals surface area (Å²) >= 11 is 0. The first-order chi connectivity index (χ1) is 12.2. The van der Waals surface area contributed by atoms with Crippen molar-refractivity contribution in [2.75, 3.05) is 23.3 Å². The fourth-order valence-corrected chi connectivity index (χ4v) is 2.87. The number of rotatable bonds is 3. The molecule has 0 bridgehead atoms. The van der Waals surface area contributed by atoms with Crippen LogP contribution in [0.1, 0.15) is 23.3 Å². The molecular weight excluding hydrogens is 325 g/mol. The van der Waals surface area contributed by atoms with Gasteiger partial charge in [-0.2, -0.15) is 0 Å². The number of alkyl halides is 1. The van der Waals surface area contributed by atoms with E-state index in [2.05, 4.69) is 25.4 Å². The first-order valence-electron chi connectivity index (χ1n) is 8.02. The minimum Gasteiger partial charge on any atom is -0.352 e. The van der Waals surface area contributed by atoms with Gasteiger partial charge in [-0.1, -0.05) is 0 Å². The van der Waals surface area contributed by atoms with Crippen molar-refractivity contribution in [3.05, 3.63) is 42.6 Å². The van der Waals surface area contributed by atoms with E-state index in [0.29, 0.717) is 30.2 Å². The second-order valence-electron chi connectivity index (χ2n) is 5.84. The molecule has 1 fully saturated rings. The SMILES string of the molecule is O=C(Nc1ccncn1)c1cnc2ccc(N3CCC[C@H](F)C3)nn12. The van der Waals surface area contributed by atoms with Crippen molar-refractivity contribution in [2.45, 2.75) is 19.0 Å². The smallest absolute Gasteiger partial charge is 0.277 e. The molecule has 128 valence electrons. The Balaban J connectivity index is 1.63.